The van der Waals surface area contributed by atoms with Gasteiger partial charge in [0.2, 0.25) is 0 Å². The molecule has 4 heteroatoms. The molecule has 1 aromatic heterocycles. The molecular weight excluding hydrogens is 250 g/mol. The van der Waals surface area contributed by atoms with Crippen molar-refractivity contribution in [1.82, 2.24) is 9.88 Å². The molecule has 20 heavy (non-hydrogen) atoms. The molecule has 2 aromatic rings. The van der Waals surface area contributed by atoms with Crippen LogP contribution in [0.2, 0.25) is 0 Å². The minimum atomic E-state index is 0.294. The van der Waals surface area contributed by atoms with Gasteiger partial charge in [-0.05, 0) is 49.4 Å². The highest BCUT2D eigenvalue weighted by Crippen LogP contribution is 2.32. The van der Waals surface area contributed by atoms with Gasteiger partial charge in [-0.1, -0.05) is 6.07 Å². The first-order valence-corrected chi connectivity index (χ1v) is 7.39. The first-order valence-electron chi connectivity index (χ1n) is 7.39. The second kappa shape index (κ2) is 4.63. The Labute approximate surface area is 118 Å². The number of phenols is 1. The van der Waals surface area contributed by atoms with Crippen LogP contribution in [0, 0.1) is 0 Å². The van der Waals surface area contributed by atoms with Crippen LogP contribution in [0.1, 0.15) is 19.3 Å². The van der Waals surface area contributed by atoms with Crippen molar-refractivity contribution < 1.29 is 5.11 Å². The summed E-state index contributed by atoms with van der Waals surface area (Å²) >= 11 is 0. The molecule has 2 aliphatic rings. The number of anilines is 1. The number of fused-ring (bicyclic) bond motifs is 2. The van der Waals surface area contributed by atoms with Gasteiger partial charge in [0.05, 0.1) is 0 Å². The fraction of sp³-hybridized carbons (Fsp3) is 0.438. The van der Waals surface area contributed by atoms with E-state index in [9.17, 15) is 5.11 Å². The lowest BCUT2D eigenvalue weighted by Gasteiger charge is -2.22. The van der Waals surface area contributed by atoms with Crippen molar-refractivity contribution in [1.29, 1.82) is 0 Å². The summed E-state index contributed by atoms with van der Waals surface area (Å²) in [6.07, 6.45) is 5.62. The zero-order chi connectivity index (χ0) is 13.5. The molecule has 104 valence electrons. The first-order chi connectivity index (χ1) is 9.81. The summed E-state index contributed by atoms with van der Waals surface area (Å²) in [7, 11) is 0. The number of hydrogen-bond donors (Lipinski definition) is 2. The molecule has 0 amide bonds. The number of phenolic OH excluding ortho intramolecular Hbond substituents is 1. The zero-order valence-corrected chi connectivity index (χ0v) is 11.4. The average molecular weight is 269 g/mol. The third-order valence-corrected chi connectivity index (χ3v) is 4.68. The van der Waals surface area contributed by atoms with Gasteiger partial charge in [-0.2, -0.15) is 0 Å². The number of nitrogens with one attached hydrogen (secondary N) is 1. The van der Waals surface area contributed by atoms with E-state index in [1.54, 1.807) is 12.1 Å². The second-order valence-electron chi connectivity index (χ2n) is 5.85. The minimum absolute atomic E-state index is 0.294. The SMILES string of the molecule is Oc1ccc2ccnc(NC3CCN4CCCC34)c2c1. The highest BCUT2D eigenvalue weighted by Gasteiger charge is 2.37. The predicted molar refractivity (Wildman–Crippen MR) is 80.0 cm³/mol. The van der Waals surface area contributed by atoms with Gasteiger partial charge in [0.1, 0.15) is 11.6 Å². The van der Waals surface area contributed by atoms with Crippen LogP contribution in [-0.2, 0) is 0 Å². The molecule has 2 atom stereocenters. The van der Waals surface area contributed by atoms with Gasteiger partial charge in [-0.25, -0.2) is 4.98 Å². The molecule has 0 spiro atoms. The Hall–Kier alpha value is -1.81. The van der Waals surface area contributed by atoms with E-state index in [-0.39, 0.29) is 0 Å². The van der Waals surface area contributed by atoms with Crippen molar-refractivity contribution in [2.45, 2.75) is 31.3 Å². The fourth-order valence-corrected chi connectivity index (χ4v) is 3.70. The van der Waals surface area contributed by atoms with Crippen molar-refractivity contribution in [3.8, 4) is 5.75 Å². The number of nitrogens with zero attached hydrogens (tertiary/aromatic N) is 2. The van der Waals surface area contributed by atoms with Crippen LogP contribution in [0.25, 0.3) is 10.8 Å². The van der Waals surface area contributed by atoms with E-state index in [2.05, 4.69) is 15.2 Å². The van der Waals surface area contributed by atoms with Gasteiger partial charge in [0.25, 0.3) is 0 Å². The number of hydrogen-bond acceptors (Lipinski definition) is 4. The Kier molecular flexibility index (Phi) is 2.77. The quantitative estimate of drug-likeness (QED) is 0.880. The Morgan fingerprint density at radius 2 is 2.15 bits per heavy atom. The molecule has 3 heterocycles. The summed E-state index contributed by atoms with van der Waals surface area (Å²) in [5.74, 6) is 1.19. The largest absolute Gasteiger partial charge is 0.508 e. The average Bonchev–Trinajstić information content (AvgIpc) is 3.04. The van der Waals surface area contributed by atoms with Gasteiger partial charge in [-0.15, -0.1) is 0 Å². The van der Waals surface area contributed by atoms with Crippen molar-refractivity contribution in [3.63, 3.8) is 0 Å². The normalized spacial score (nSPS) is 26.0. The molecule has 2 N–H and O–H groups in total. The molecule has 2 unspecified atom stereocenters. The van der Waals surface area contributed by atoms with E-state index >= 15 is 0 Å². The van der Waals surface area contributed by atoms with Crippen LogP contribution in [0.5, 0.6) is 5.75 Å². The molecule has 0 radical (unpaired) electrons. The van der Waals surface area contributed by atoms with Crippen LogP contribution >= 0.6 is 0 Å². The van der Waals surface area contributed by atoms with Crippen LogP contribution in [0.3, 0.4) is 0 Å². The Balaban J connectivity index is 1.67. The summed E-state index contributed by atoms with van der Waals surface area (Å²) < 4.78 is 0. The topological polar surface area (TPSA) is 48.4 Å². The Morgan fingerprint density at radius 1 is 1.20 bits per heavy atom. The summed E-state index contributed by atoms with van der Waals surface area (Å²) in [5.41, 5.74) is 0. The first kappa shape index (κ1) is 12.0. The lowest BCUT2D eigenvalue weighted by Crippen LogP contribution is -2.34. The predicted octanol–water partition coefficient (Wildman–Crippen LogP) is 2.59. The molecule has 4 nitrogen and oxygen atoms in total. The van der Waals surface area contributed by atoms with Gasteiger partial charge < -0.3 is 10.4 Å². The van der Waals surface area contributed by atoms with Gasteiger partial charge in [0, 0.05) is 30.2 Å². The molecule has 0 bridgehead atoms. The molecule has 2 fully saturated rings. The summed E-state index contributed by atoms with van der Waals surface area (Å²) in [6, 6.07) is 8.58. The minimum Gasteiger partial charge on any atom is -0.508 e. The maximum absolute atomic E-state index is 9.70. The number of rotatable bonds is 2. The van der Waals surface area contributed by atoms with Crippen LogP contribution in [0.4, 0.5) is 5.82 Å². The third-order valence-electron chi connectivity index (χ3n) is 4.68. The van der Waals surface area contributed by atoms with E-state index in [1.165, 1.54) is 32.4 Å². The van der Waals surface area contributed by atoms with Crippen LogP contribution < -0.4 is 5.32 Å². The molecule has 0 aliphatic carbocycles. The molecule has 1 aromatic carbocycles. The van der Waals surface area contributed by atoms with Gasteiger partial charge in [0.15, 0.2) is 0 Å². The van der Waals surface area contributed by atoms with E-state index in [0.29, 0.717) is 17.8 Å². The third kappa shape index (κ3) is 1.91. The Morgan fingerprint density at radius 3 is 3.10 bits per heavy atom. The van der Waals surface area contributed by atoms with Crippen LogP contribution in [-0.4, -0.2) is 40.2 Å². The standard InChI is InChI=1S/C16H19N3O/c20-12-4-3-11-5-7-17-16(13(11)10-12)18-14-6-9-19-8-1-2-15(14)19/h3-5,7,10,14-15,20H,1-2,6,8-9H2,(H,17,18). The highest BCUT2D eigenvalue weighted by molar-refractivity contribution is 5.92. The van der Waals surface area contributed by atoms with Crippen molar-refractivity contribution in [3.05, 3.63) is 30.5 Å². The lowest BCUT2D eigenvalue weighted by molar-refractivity contribution is 0.318. The lowest BCUT2D eigenvalue weighted by atomic mass is 10.1. The van der Waals surface area contributed by atoms with Crippen LogP contribution in [0.15, 0.2) is 30.5 Å². The van der Waals surface area contributed by atoms with Gasteiger partial charge >= 0.3 is 0 Å². The summed E-state index contributed by atoms with van der Waals surface area (Å²) in [6.45, 7) is 2.44. The van der Waals surface area contributed by atoms with E-state index in [1.807, 2.05) is 18.3 Å². The summed E-state index contributed by atoms with van der Waals surface area (Å²) in [4.78, 5) is 7.07. The number of aromatic nitrogens is 1. The molecule has 2 saturated heterocycles. The monoisotopic (exact) mass is 269 g/mol. The maximum atomic E-state index is 9.70. The number of benzene rings is 1. The molecule has 2 aliphatic heterocycles. The van der Waals surface area contributed by atoms with E-state index in [4.69, 9.17) is 0 Å². The molecule has 0 saturated carbocycles. The number of aromatic hydroxyl groups is 1. The van der Waals surface area contributed by atoms with E-state index < -0.39 is 0 Å². The number of pyridine rings is 1. The Bertz CT molecular complexity index is 643. The van der Waals surface area contributed by atoms with Crippen molar-refractivity contribution >= 4 is 16.6 Å². The van der Waals surface area contributed by atoms with Gasteiger partial charge in [-0.3, -0.25) is 4.90 Å². The molecular formula is C16H19N3O. The van der Waals surface area contributed by atoms with Crippen molar-refractivity contribution in [2.24, 2.45) is 0 Å². The zero-order valence-electron chi connectivity index (χ0n) is 11.4. The second-order valence-corrected chi connectivity index (χ2v) is 5.85. The highest BCUT2D eigenvalue weighted by atomic mass is 16.3. The maximum Gasteiger partial charge on any atom is 0.134 e. The summed E-state index contributed by atoms with van der Waals surface area (Å²) in [5, 5.41) is 15.4. The smallest absolute Gasteiger partial charge is 0.134 e. The molecule has 4 rings (SSSR count). The van der Waals surface area contributed by atoms with E-state index in [0.717, 1.165) is 16.6 Å². The fourth-order valence-electron chi connectivity index (χ4n) is 3.70. The van der Waals surface area contributed by atoms with Crippen molar-refractivity contribution in [2.75, 3.05) is 18.4 Å².